The van der Waals surface area contributed by atoms with Crippen LogP contribution in [0, 0.1) is 23.7 Å². The van der Waals surface area contributed by atoms with Gasteiger partial charge in [0.2, 0.25) is 0 Å². The van der Waals surface area contributed by atoms with Gasteiger partial charge in [-0.15, -0.1) is 0 Å². The molecule has 2 heterocycles. The van der Waals surface area contributed by atoms with Crippen molar-refractivity contribution >= 4 is 24.2 Å². The van der Waals surface area contributed by atoms with Gasteiger partial charge < -0.3 is 19.6 Å². The van der Waals surface area contributed by atoms with Crippen molar-refractivity contribution in [2.45, 2.75) is 13.8 Å². The Morgan fingerprint density at radius 3 is 2.62 bits per heavy atom. The summed E-state index contributed by atoms with van der Waals surface area (Å²) < 4.78 is 5.32. The number of hydrogen-bond donors (Lipinski definition) is 1. The van der Waals surface area contributed by atoms with Crippen LogP contribution in [0.5, 0.6) is 0 Å². The zero-order valence-corrected chi connectivity index (χ0v) is 17.3. The van der Waals surface area contributed by atoms with Crippen molar-refractivity contribution < 1.29 is 24.2 Å². The first-order valence-corrected chi connectivity index (χ1v) is 9.70. The zero-order valence-electron chi connectivity index (χ0n) is 17.3. The summed E-state index contributed by atoms with van der Waals surface area (Å²) >= 11 is 0. The molecule has 1 aromatic heterocycles. The van der Waals surface area contributed by atoms with Crippen LogP contribution in [-0.4, -0.2) is 67.1 Å². The number of esters is 1. The van der Waals surface area contributed by atoms with E-state index in [-0.39, 0.29) is 36.1 Å². The Morgan fingerprint density at radius 1 is 1.31 bits per heavy atom. The fourth-order valence-electron chi connectivity index (χ4n) is 4.03. The topological polar surface area (TPSA) is 100 Å². The standard InChI is InChI=1S/C20H27N3O3.CH2O2/c1-5-26-20(25)18-13(2)9-10-14-11-23(12-15(14)18)17-8-6-7-16(21-17)19(24)22(3)4;2-1-3/h6-10,13-15,18H,5,11-12H2,1-4H3;1H,(H,2,3)/t13-,14-,15-,18-;/m0./s1. The first kappa shape index (κ1) is 22.4. The smallest absolute Gasteiger partial charge is 0.309 e. The minimum atomic E-state index is -0.250. The van der Waals surface area contributed by atoms with E-state index in [1.165, 1.54) is 4.90 Å². The second-order valence-electron chi connectivity index (χ2n) is 7.44. The van der Waals surface area contributed by atoms with Gasteiger partial charge in [-0.2, -0.15) is 0 Å². The molecule has 1 aliphatic carbocycles. The highest BCUT2D eigenvalue weighted by Gasteiger charge is 2.45. The summed E-state index contributed by atoms with van der Waals surface area (Å²) in [7, 11) is 3.44. The SMILES string of the molecule is CCOC(=O)[C@@H]1[C@H]2CN(c3cccc(C(=O)N(C)C)n3)C[C@@H]2C=C[C@@H]1C.O=CO. The minimum Gasteiger partial charge on any atom is -0.483 e. The van der Waals surface area contributed by atoms with E-state index in [9.17, 15) is 9.59 Å². The molecule has 3 rings (SSSR count). The van der Waals surface area contributed by atoms with Crippen molar-refractivity contribution in [3.8, 4) is 0 Å². The van der Waals surface area contributed by atoms with E-state index in [0.717, 1.165) is 18.9 Å². The van der Waals surface area contributed by atoms with Crippen molar-refractivity contribution in [2.75, 3.05) is 38.7 Å². The van der Waals surface area contributed by atoms with Crippen molar-refractivity contribution in [3.05, 3.63) is 36.0 Å². The Morgan fingerprint density at radius 2 is 2.00 bits per heavy atom. The highest BCUT2D eigenvalue weighted by atomic mass is 16.5. The van der Waals surface area contributed by atoms with Gasteiger partial charge in [0.1, 0.15) is 11.5 Å². The van der Waals surface area contributed by atoms with Crippen LogP contribution >= 0.6 is 0 Å². The Labute approximate surface area is 171 Å². The number of carboxylic acid groups (broad SMARTS) is 1. The molecule has 1 amide bonds. The van der Waals surface area contributed by atoms with E-state index in [2.05, 4.69) is 29.0 Å². The maximum Gasteiger partial charge on any atom is 0.309 e. The lowest BCUT2D eigenvalue weighted by Crippen LogP contribution is -2.37. The molecule has 4 atom stereocenters. The number of allylic oxidation sites excluding steroid dienone is 1. The number of pyridine rings is 1. The Kier molecular flexibility index (Phi) is 7.75. The average molecular weight is 403 g/mol. The summed E-state index contributed by atoms with van der Waals surface area (Å²) in [6.45, 7) is 5.62. The van der Waals surface area contributed by atoms with Crippen LogP contribution in [-0.2, 0) is 14.3 Å². The van der Waals surface area contributed by atoms with Gasteiger partial charge in [0, 0.05) is 27.2 Å². The van der Waals surface area contributed by atoms with Gasteiger partial charge in [-0.05, 0) is 36.8 Å². The maximum absolute atomic E-state index is 12.5. The van der Waals surface area contributed by atoms with Gasteiger partial charge in [-0.3, -0.25) is 14.4 Å². The number of nitrogens with zero attached hydrogens (tertiary/aromatic N) is 3. The monoisotopic (exact) mass is 403 g/mol. The van der Waals surface area contributed by atoms with E-state index in [1.807, 2.05) is 19.1 Å². The number of carbonyl (C=O) groups excluding carboxylic acids is 2. The molecule has 1 saturated heterocycles. The molecule has 0 bridgehead atoms. The zero-order chi connectivity index (χ0) is 21.6. The first-order chi connectivity index (χ1) is 13.8. The van der Waals surface area contributed by atoms with Crippen molar-refractivity contribution in [1.82, 2.24) is 9.88 Å². The fourth-order valence-corrected chi connectivity index (χ4v) is 4.03. The average Bonchev–Trinajstić information content (AvgIpc) is 3.12. The lowest BCUT2D eigenvalue weighted by molar-refractivity contribution is -0.152. The van der Waals surface area contributed by atoms with E-state index in [4.69, 9.17) is 14.6 Å². The Hall–Kier alpha value is -2.90. The second-order valence-corrected chi connectivity index (χ2v) is 7.44. The number of amides is 1. The van der Waals surface area contributed by atoms with Crippen LogP contribution in [0.4, 0.5) is 5.82 Å². The molecule has 8 nitrogen and oxygen atoms in total. The number of ether oxygens (including phenoxy) is 1. The summed E-state index contributed by atoms with van der Waals surface area (Å²) in [5.41, 5.74) is 0.438. The highest BCUT2D eigenvalue weighted by Crippen LogP contribution is 2.41. The van der Waals surface area contributed by atoms with Crippen LogP contribution in [0.2, 0.25) is 0 Å². The number of aromatic nitrogens is 1. The Balaban J connectivity index is 0.000000941. The maximum atomic E-state index is 12.5. The second kappa shape index (κ2) is 10.0. The van der Waals surface area contributed by atoms with Crippen molar-refractivity contribution in [2.24, 2.45) is 23.7 Å². The number of carbonyl (C=O) groups is 3. The normalized spacial score (nSPS) is 24.8. The predicted octanol–water partition coefficient (Wildman–Crippen LogP) is 1.92. The quantitative estimate of drug-likeness (QED) is 0.466. The molecular formula is C21H29N3O5. The third kappa shape index (κ3) is 5.13. The van der Waals surface area contributed by atoms with Crippen LogP contribution in [0.15, 0.2) is 30.4 Å². The molecule has 1 aromatic rings. The van der Waals surface area contributed by atoms with E-state index >= 15 is 0 Å². The van der Waals surface area contributed by atoms with Crippen molar-refractivity contribution in [3.63, 3.8) is 0 Å². The molecule has 2 aliphatic rings. The van der Waals surface area contributed by atoms with Gasteiger partial charge in [-0.1, -0.05) is 25.1 Å². The van der Waals surface area contributed by atoms with E-state index in [0.29, 0.717) is 18.2 Å². The summed E-state index contributed by atoms with van der Waals surface area (Å²) in [5, 5.41) is 6.89. The molecule has 0 unspecified atom stereocenters. The number of rotatable bonds is 4. The number of hydrogen-bond acceptors (Lipinski definition) is 6. The van der Waals surface area contributed by atoms with Crippen molar-refractivity contribution in [1.29, 1.82) is 0 Å². The molecule has 0 radical (unpaired) electrons. The summed E-state index contributed by atoms with van der Waals surface area (Å²) in [4.78, 5) is 41.3. The molecule has 1 aliphatic heterocycles. The molecule has 0 spiro atoms. The van der Waals surface area contributed by atoms with E-state index in [1.54, 1.807) is 20.2 Å². The number of fused-ring (bicyclic) bond motifs is 1. The Bertz CT molecular complexity index is 764. The van der Waals surface area contributed by atoms with Crippen LogP contribution < -0.4 is 4.90 Å². The molecule has 29 heavy (non-hydrogen) atoms. The lowest BCUT2D eigenvalue weighted by Gasteiger charge is -2.31. The van der Waals surface area contributed by atoms with Crippen LogP contribution in [0.25, 0.3) is 0 Å². The molecule has 1 fully saturated rings. The summed E-state index contributed by atoms with van der Waals surface area (Å²) in [5.74, 6) is 1.13. The molecule has 0 saturated carbocycles. The third-order valence-electron chi connectivity index (χ3n) is 5.34. The predicted molar refractivity (Wildman–Crippen MR) is 109 cm³/mol. The minimum absolute atomic E-state index is 0.106. The molecule has 1 N–H and O–H groups in total. The van der Waals surface area contributed by atoms with Crippen LogP contribution in [0.3, 0.4) is 0 Å². The molecule has 158 valence electrons. The summed E-state index contributed by atoms with van der Waals surface area (Å²) in [6.07, 6.45) is 4.35. The molecule has 0 aromatic carbocycles. The first-order valence-electron chi connectivity index (χ1n) is 9.70. The lowest BCUT2D eigenvalue weighted by atomic mass is 9.72. The summed E-state index contributed by atoms with van der Waals surface area (Å²) in [6, 6.07) is 5.52. The van der Waals surface area contributed by atoms with Crippen LogP contribution in [0.1, 0.15) is 24.3 Å². The molecule has 8 heteroatoms. The van der Waals surface area contributed by atoms with Gasteiger partial charge in [-0.25, -0.2) is 4.98 Å². The highest BCUT2D eigenvalue weighted by molar-refractivity contribution is 5.92. The van der Waals surface area contributed by atoms with Gasteiger partial charge >= 0.3 is 5.97 Å². The fraction of sp³-hybridized carbons (Fsp3) is 0.524. The van der Waals surface area contributed by atoms with Gasteiger partial charge in [0.15, 0.2) is 0 Å². The van der Waals surface area contributed by atoms with Gasteiger partial charge in [0.05, 0.1) is 12.5 Å². The molecular weight excluding hydrogens is 374 g/mol. The number of anilines is 1. The van der Waals surface area contributed by atoms with E-state index < -0.39 is 0 Å². The van der Waals surface area contributed by atoms with Gasteiger partial charge in [0.25, 0.3) is 12.4 Å². The largest absolute Gasteiger partial charge is 0.483 e. The third-order valence-corrected chi connectivity index (χ3v) is 5.34.